The van der Waals surface area contributed by atoms with E-state index >= 15 is 0 Å². The second-order valence-electron chi connectivity index (χ2n) is 5.12. The Morgan fingerprint density at radius 3 is 2.40 bits per heavy atom. The predicted molar refractivity (Wildman–Crippen MR) is 87.2 cm³/mol. The third kappa shape index (κ3) is 4.00. The van der Waals surface area contributed by atoms with Crippen LogP contribution in [0, 0.1) is 0 Å². The van der Waals surface area contributed by atoms with Gasteiger partial charge in [0.2, 0.25) is 0 Å². The van der Waals surface area contributed by atoms with Gasteiger partial charge in [0.1, 0.15) is 17.8 Å². The first-order chi connectivity index (χ1) is 11.9. The number of furan rings is 1. The van der Waals surface area contributed by atoms with Gasteiger partial charge in [-0.05, 0) is 36.4 Å². The van der Waals surface area contributed by atoms with Crippen LogP contribution in [0.4, 0.5) is 36.2 Å². The standard InChI is InChI=1S/C16H14F3N5O/c17-16(18,19)10-3-5-11(6-4-10)24-15-13(20)14(22-9-23-15)21-8-12-2-1-7-25-12/h1-7,9H,8,20H2,(H2,21,22,23,24). The monoisotopic (exact) mass is 349 g/mol. The molecular formula is C16H14F3N5O. The van der Waals surface area contributed by atoms with Crippen molar-refractivity contribution in [3.05, 3.63) is 60.3 Å². The first kappa shape index (κ1) is 16.6. The molecule has 0 aliphatic heterocycles. The molecule has 0 bridgehead atoms. The van der Waals surface area contributed by atoms with E-state index in [1.165, 1.54) is 18.5 Å². The molecule has 0 aliphatic carbocycles. The second-order valence-corrected chi connectivity index (χ2v) is 5.12. The van der Waals surface area contributed by atoms with E-state index < -0.39 is 11.7 Å². The Hall–Kier alpha value is -3.23. The molecule has 0 unspecified atom stereocenters. The van der Waals surface area contributed by atoms with Crippen molar-refractivity contribution in [3.8, 4) is 0 Å². The normalized spacial score (nSPS) is 11.3. The van der Waals surface area contributed by atoms with Gasteiger partial charge in [-0.2, -0.15) is 13.2 Å². The number of nitrogen functional groups attached to an aromatic ring is 1. The molecule has 0 radical (unpaired) electrons. The molecule has 0 spiro atoms. The van der Waals surface area contributed by atoms with E-state index in [0.717, 1.165) is 12.1 Å². The van der Waals surface area contributed by atoms with Crippen molar-refractivity contribution in [2.45, 2.75) is 12.7 Å². The summed E-state index contributed by atoms with van der Waals surface area (Å²) < 4.78 is 43.0. The lowest BCUT2D eigenvalue weighted by Gasteiger charge is -2.13. The lowest BCUT2D eigenvalue weighted by molar-refractivity contribution is -0.137. The Morgan fingerprint density at radius 1 is 1.04 bits per heavy atom. The second kappa shape index (κ2) is 6.71. The van der Waals surface area contributed by atoms with Crippen molar-refractivity contribution >= 4 is 23.0 Å². The zero-order chi connectivity index (χ0) is 17.9. The van der Waals surface area contributed by atoms with Crippen LogP contribution < -0.4 is 16.4 Å². The minimum Gasteiger partial charge on any atom is -0.467 e. The van der Waals surface area contributed by atoms with Crippen molar-refractivity contribution in [3.63, 3.8) is 0 Å². The largest absolute Gasteiger partial charge is 0.467 e. The molecule has 0 aliphatic rings. The van der Waals surface area contributed by atoms with Crippen molar-refractivity contribution in [2.24, 2.45) is 0 Å². The van der Waals surface area contributed by atoms with Crippen molar-refractivity contribution in [1.29, 1.82) is 0 Å². The maximum Gasteiger partial charge on any atom is 0.416 e. The van der Waals surface area contributed by atoms with Crippen molar-refractivity contribution in [1.82, 2.24) is 9.97 Å². The third-order valence-electron chi connectivity index (χ3n) is 3.37. The summed E-state index contributed by atoms with van der Waals surface area (Å²) in [5, 5.41) is 5.89. The smallest absolute Gasteiger partial charge is 0.416 e. The van der Waals surface area contributed by atoms with E-state index in [1.54, 1.807) is 18.4 Å². The number of nitrogens with zero attached hydrogens (tertiary/aromatic N) is 2. The molecule has 2 heterocycles. The molecule has 130 valence electrons. The number of alkyl halides is 3. The van der Waals surface area contributed by atoms with E-state index in [4.69, 9.17) is 10.2 Å². The van der Waals surface area contributed by atoms with Gasteiger partial charge >= 0.3 is 6.18 Å². The van der Waals surface area contributed by atoms with Crippen LogP contribution in [0.5, 0.6) is 0 Å². The summed E-state index contributed by atoms with van der Waals surface area (Å²) in [6, 6.07) is 8.13. The zero-order valence-corrected chi connectivity index (χ0v) is 12.8. The summed E-state index contributed by atoms with van der Waals surface area (Å²) in [5.41, 5.74) is 5.95. The highest BCUT2D eigenvalue weighted by atomic mass is 19.4. The fourth-order valence-corrected chi connectivity index (χ4v) is 2.10. The highest BCUT2D eigenvalue weighted by molar-refractivity contribution is 5.77. The van der Waals surface area contributed by atoms with Gasteiger partial charge in [0, 0.05) is 5.69 Å². The van der Waals surface area contributed by atoms with E-state index in [9.17, 15) is 13.2 Å². The Morgan fingerprint density at radius 2 is 1.76 bits per heavy atom. The predicted octanol–water partition coefficient (Wildman–Crippen LogP) is 4.03. The summed E-state index contributed by atoms with van der Waals surface area (Å²) in [4.78, 5) is 8.07. The Bertz CT molecular complexity index is 832. The molecule has 9 heteroatoms. The van der Waals surface area contributed by atoms with E-state index in [2.05, 4.69) is 20.6 Å². The van der Waals surface area contributed by atoms with Gasteiger partial charge in [-0.25, -0.2) is 9.97 Å². The molecular weight excluding hydrogens is 335 g/mol. The molecule has 1 aromatic carbocycles. The average Bonchev–Trinajstić information content (AvgIpc) is 3.09. The van der Waals surface area contributed by atoms with Crippen molar-refractivity contribution in [2.75, 3.05) is 16.4 Å². The molecule has 0 amide bonds. The number of benzene rings is 1. The first-order valence-corrected chi connectivity index (χ1v) is 7.24. The molecule has 6 nitrogen and oxygen atoms in total. The molecule has 25 heavy (non-hydrogen) atoms. The van der Waals surface area contributed by atoms with Gasteiger partial charge in [0.25, 0.3) is 0 Å². The number of rotatable bonds is 5. The third-order valence-corrected chi connectivity index (χ3v) is 3.37. The lowest BCUT2D eigenvalue weighted by Crippen LogP contribution is -2.08. The molecule has 4 N–H and O–H groups in total. The maximum atomic E-state index is 12.6. The topological polar surface area (TPSA) is 89.0 Å². The quantitative estimate of drug-likeness (QED) is 0.644. The molecule has 2 aromatic heterocycles. The van der Waals surface area contributed by atoms with E-state index in [-0.39, 0.29) is 11.5 Å². The van der Waals surface area contributed by atoms with Gasteiger partial charge in [0.15, 0.2) is 11.6 Å². The summed E-state index contributed by atoms with van der Waals surface area (Å²) in [7, 11) is 0. The summed E-state index contributed by atoms with van der Waals surface area (Å²) >= 11 is 0. The maximum absolute atomic E-state index is 12.6. The minimum atomic E-state index is -4.38. The van der Waals surface area contributed by atoms with Crippen LogP contribution in [0.15, 0.2) is 53.4 Å². The zero-order valence-electron chi connectivity index (χ0n) is 12.8. The van der Waals surface area contributed by atoms with E-state index in [0.29, 0.717) is 23.8 Å². The van der Waals surface area contributed by atoms with Gasteiger partial charge in [-0.3, -0.25) is 0 Å². The number of hydrogen-bond acceptors (Lipinski definition) is 6. The van der Waals surface area contributed by atoms with Crippen LogP contribution in [-0.4, -0.2) is 9.97 Å². The number of aromatic nitrogens is 2. The summed E-state index contributed by atoms with van der Waals surface area (Å²) in [5.74, 6) is 1.38. The fourth-order valence-electron chi connectivity index (χ4n) is 2.10. The number of anilines is 4. The number of halogens is 3. The average molecular weight is 349 g/mol. The molecule has 0 saturated carbocycles. The lowest BCUT2D eigenvalue weighted by atomic mass is 10.2. The van der Waals surface area contributed by atoms with Crippen molar-refractivity contribution < 1.29 is 17.6 Å². The minimum absolute atomic E-state index is 0.244. The van der Waals surface area contributed by atoms with Gasteiger partial charge in [-0.1, -0.05) is 0 Å². The Kier molecular flexibility index (Phi) is 4.46. The Labute approximate surface area is 140 Å². The molecule has 0 fully saturated rings. The molecule has 3 rings (SSSR count). The van der Waals surface area contributed by atoms with Gasteiger partial charge in [0.05, 0.1) is 18.4 Å². The highest BCUT2D eigenvalue weighted by Crippen LogP contribution is 2.31. The molecule has 0 saturated heterocycles. The molecule has 0 atom stereocenters. The Balaban J connectivity index is 1.73. The molecule has 3 aromatic rings. The highest BCUT2D eigenvalue weighted by Gasteiger charge is 2.29. The fraction of sp³-hybridized carbons (Fsp3) is 0.125. The van der Waals surface area contributed by atoms with Crippen LogP contribution in [-0.2, 0) is 12.7 Å². The van der Waals surface area contributed by atoms with Crippen LogP contribution >= 0.6 is 0 Å². The number of nitrogens with one attached hydrogen (secondary N) is 2. The van der Waals surface area contributed by atoms with Crippen LogP contribution in [0.1, 0.15) is 11.3 Å². The van der Waals surface area contributed by atoms with Gasteiger partial charge in [-0.15, -0.1) is 0 Å². The summed E-state index contributed by atoms with van der Waals surface area (Å²) in [6.45, 7) is 0.383. The number of hydrogen-bond donors (Lipinski definition) is 3. The van der Waals surface area contributed by atoms with E-state index in [1.807, 2.05) is 0 Å². The van der Waals surface area contributed by atoms with Crippen LogP contribution in [0.3, 0.4) is 0 Å². The SMILES string of the molecule is Nc1c(NCc2ccco2)ncnc1Nc1ccc(C(F)(F)F)cc1. The summed E-state index contributed by atoms with van der Waals surface area (Å²) in [6.07, 6.45) is -1.53. The van der Waals surface area contributed by atoms with Crippen LogP contribution in [0.2, 0.25) is 0 Å². The number of nitrogens with two attached hydrogens (primary N) is 1. The van der Waals surface area contributed by atoms with Crippen LogP contribution in [0.25, 0.3) is 0 Å². The first-order valence-electron chi connectivity index (χ1n) is 7.24. The van der Waals surface area contributed by atoms with Gasteiger partial charge < -0.3 is 20.8 Å².